The van der Waals surface area contributed by atoms with Gasteiger partial charge in [0.25, 0.3) is 0 Å². The highest BCUT2D eigenvalue weighted by Crippen LogP contribution is 2.03. The molecule has 0 atom stereocenters. The number of aromatic nitrogens is 1. The van der Waals surface area contributed by atoms with E-state index in [1.165, 1.54) is 0 Å². The maximum Gasteiger partial charge on any atom is 0.160 e. The van der Waals surface area contributed by atoms with Gasteiger partial charge in [0.15, 0.2) is 5.84 Å². The van der Waals surface area contributed by atoms with Crippen LogP contribution in [0, 0.1) is 6.92 Å². The van der Waals surface area contributed by atoms with E-state index in [0.29, 0.717) is 0 Å². The van der Waals surface area contributed by atoms with Gasteiger partial charge in [0, 0.05) is 29.9 Å². The van der Waals surface area contributed by atoms with Gasteiger partial charge in [-0.25, -0.2) is 10.3 Å². The van der Waals surface area contributed by atoms with Crippen LogP contribution in [0.25, 0.3) is 0 Å². The normalized spacial score (nSPS) is 14.2. The van der Waals surface area contributed by atoms with Crippen LogP contribution >= 0.6 is 0 Å². The highest BCUT2D eigenvalue weighted by molar-refractivity contribution is 6.00. The van der Waals surface area contributed by atoms with E-state index < -0.39 is 0 Å². The van der Waals surface area contributed by atoms with Gasteiger partial charge in [-0.15, -0.1) is 0 Å². The molecule has 12 heavy (non-hydrogen) atoms. The topological polar surface area (TPSA) is 39.4 Å². The van der Waals surface area contributed by atoms with E-state index in [0.717, 1.165) is 17.1 Å². The van der Waals surface area contributed by atoms with Crippen molar-refractivity contribution in [2.24, 2.45) is 4.99 Å². The minimum Gasteiger partial charge on any atom is -0.261 e. The Bertz CT molecular complexity index is 335. The van der Waals surface area contributed by atoms with Crippen LogP contribution < -0.4 is 5.32 Å². The molecule has 0 fully saturated rings. The van der Waals surface area contributed by atoms with E-state index in [-0.39, 0.29) is 0 Å². The van der Waals surface area contributed by atoms with Crippen LogP contribution in [0.4, 0.5) is 0 Å². The molecule has 1 aliphatic rings. The number of nitrogens with zero attached hydrogens (tertiary/aromatic N) is 3. The lowest BCUT2D eigenvalue weighted by molar-refractivity contribution is 1.18. The van der Waals surface area contributed by atoms with Crippen molar-refractivity contribution < 1.29 is 0 Å². The first-order valence-corrected chi connectivity index (χ1v) is 3.73. The SMILES string of the molecule is Cc1ccc(C2=NC=C[N]2)cn1. The summed E-state index contributed by atoms with van der Waals surface area (Å²) in [6.07, 6.45) is 5.13. The largest absolute Gasteiger partial charge is 0.261 e. The predicted molar refractivity (Wildman–Crippen MR) is 46.8 cm³/mol. The highest BCUT2D eigenvalue weighted by atomic mass is 15.0. The zero-order valence-electron chi connectivity index (χ0n) is 6.73. The molecule has 0 unspecified atom stereocenters. The van der Waals surface area contributed by atoms with Crippen LogP contribution in [0.5, 0.6) is 0 Å². The van der Waals surface area contributed by atoms with E-state index in [9.17, 15) is 0 Å². The Kier molecular flexibility index (Phi) is 1.63. The van der Waals surface area contributed by atoms with Crippen LogP contribution in [-0.2, 0) is 0 Å². The van der Waals surface area contributed by atoms with Crippen LogP contribution in [0.3, 0.4) is 0 Å². The second kappa shape index (κ2) is 2.77. The summed E-state index contributed by atoms with van der Waals surface area (Å²) in [4.78, 5) is 8.22. The molecule has 0 amide bonds. The Balaban J connectivity index is 2.30. The van der Waals surface area contributed by atoms with Gasteiger partial charge in [0.1, 0.15) is 0 Å². The summed E-state index contributed by atoms with van der Waals surface area (Å²) in [6.45, 7) is 1.95. The molecule has 0 saturated heterocycles. The van der Waals surface area contributed by atoms with Gasteiger partial charge in [-0.2, -0.15) is 0 Å². The molecule has 3 heteroatoms. The number of hydrogen-bond acceptors (Lipinski definition) is 2. The molecule has 1 aromatic heterocycles. The van der Waals surface area contributed by atoms with Gasteiger partial charge >= 0.3 is 0 Å². The zero-order chi connectivity index (χ0) is 8.39. The predicted octanol–water partition coefficient (Wildman–Crippen LogP) is 1.23. The third-order valence-electron chi connectivity index (χ3n) is 1.63. The summed E-state index contributed by atoms with van der Waals surface area (Å²) >= 11 is 0. The Morgan fingerprint density at radius 3 is 2.67 bits per heavy atom. The Morgan fingerprint density at radius 1 is 1.17 bits per heavy atom. The van der Waals surface area contributed by atoms with Crippen molar-refractivity contribution >= 4 is 5.84 Å². The maximum absolute atomic E-state index is 4.16. The molecule has 0 saturated carbocycles. The summed E-state index contributed by atoms with van der Waals surface area (Å²) in [5, 5.41) is 4.07. The van der Waals surface area contributed by atoms with Crippen molar-refractivity contribution in [1.82, 2.24) is 10.3 Å². The monoisotopic (exact) mass is 158 g/mol. The van der Waals surface area contributed by atoms with Gasteiger partial charge in [-0.05, 0) is 19.1 Å². The summed E-state index contributed by atoms with van der Waals surface area (Å²) in [7, 11) is 0. The van der Waals surface area contributed by atoms with Gasteiger partial charge < -0.3 is 0 Å². The molecule has 1 radical (unpaired) electrons. The summed E-state index contributed by atoms with van der Waals surface area (Å²) in [5.74, 6) is 0.738. The zero-order valence-corrected chi connectivity index (χ0v) is 6.73. The number of hydrogen-bond donors (Lipinski definition) is 0. The molecule has 0 spiro atoms. The molecule has 3 nitrogen and oxygen atoms in total. The molecule has 0 N–H and O–H groups in total. The lowest BCUT2D eigenvalue weighted by atomic mass is 10.2. The van der Waals surface area contributed by atoms with Gasteiger partial charge in [-0.3, -0.25) is 4.98 Å². The number of aliphatic imine (C=N–C) groups is 1. The van der Waals surface area contributed by atoms with Gasteiger partial charge in [-0.1, -0.05) is 0 Å². The maximum atomic E-state index is 4.16. The second-order valence-electron chi connectivity index (χ2n) is 2.57. The minimum absolute atomic E-state index is 0.738. The van der Waals surface area contributed by atoms with Crippen LogP contribution in [-0.4, -0.2) is 10.8 Å². The van der Waals surface area contributed by atoms with Gasteiger partial charge in [0.2, 0.25) is 0 Å². The molecular weight excluding hydrogens is 150 g/mol. The molecule has 1 aromatic rings. The molecule has 0 aliphatic carbocycles. The first-order chi connectivity index (χ1) is 5.86. The lowest BCUT2D eigenvalue weighted by Crippen LogP contribution is -2.08. The van der Waals surface area contributed by atoms with E-state index >= 15 is 0 Å². The summed E-state index contributed by atoms with van der Waals surface area (Å²) < 4.78 is 0. The van der Waals surface area contributed by atoms with E-state index in [1.54, 1.807) is 18.6 Å². The minimum atomic E-state index is 0.738. The fraction of sp³-hybridized carbons (Fsp3) is 0.111. The van der Waals surface area contributed by atoms with Crippen molar-refractivity contribution in [2.45, 2.75) is 6.92 Å². The van der Waals surface area contributed by atoms with Crippen LogP contribution in [0.1, 0.15) is 11.3 Å². The third kappa shape index (κ3) is 1.21. The summed E-state index contributed by atoms with van der Waals surface area (Å²) in [5.41, 5.74) is 1.97. The summed E-state index contributed by atoms with van der Waals surface area (Å²) in [6, 6.07) is 3.92. The van der Waals surface area contributed by atoms with Crippen molar-refractivity contribution in [3.8, 4) is 0 Å². The molecule has 0 aromatic carbocycles. The molecular formula is C9H8N3. The van der Waals surface area contributed by atoms with Crippen molar-refractivity contribution in [2.75, 3.05) is 0 Å². The molecule has 2 heterocycles. The smallest absolute Gasteiger partial charge is 0.160 e. The quantitative estimate of drug-likeness (QED) is 0.605. The fourth-order valence-electron chi connectivity index (χ4n) is 0.990. The fourth-order valence-corrected chi connectivity index (χ4v) is 0.990. The Morgan fingerprint density at radius 2 is 2.08 bits per heavy atom. The van der Waals surface area contributed by atoms with Crippen molar-refractivity contribution in [3.05, 3.63) is 42.0 Å². The number of rotatable bonds is 1. The first kappa shape index (κ1) is 7.03. The molecule has 1 aliphatic heterocycles. The van der Waals surface area contributed by atoms with Crippen LogP contribution in [0.15, 0.2) is 35.7 Å². The third-order valence-corrected chi connectivity index (χ3v) is 1.63. The number of aryl methyl sites for hydroxylation is 1. The average molecular weight is 158 g/mol. The second-order valence-corrected chi connectivity index (χ2v) is 2.57. The molecule has 0 bridgehead atoms. The first-order valence-electron chi connectivity index (χ1n) is 3.73. The lowest BCUT2D eigenvalue weighted by Gasteiger charge is -1.98. The van der Waals surface area contributed by atoms with Gasteiger partial charge in [0.05, 0.1) is 0 Å². The van der Waals surface area contributed by atoms with Crippen LogP contribution in [0.2, 0.25) is 0 Å². The number of amidine groups is 1. The van der Waals surface area contributed by atoms with E-state index in [4.69, 9.17) is 0 Å². The van der Waals surface area contributed by atoms with E-state index in [2.05, 4.69) is 15.3 Å². The Labute approximate surface area is 70.9 Å². The van der Waals surface area contributed by atoms with Crippen molar-refractivity contribution in [1.29, 1.82) is 0 Å². The average Bonchev–Trinajstić information content (AvgIpc) is 2.58. The molecule has 2 rings (SSSR count). The van der Waals surface area contributed by atoms with Crippen molar-refractivity contribution in [3.63, 3.8) is 0 Å². The molecule has 59 valence electrons. The standard InChI is InChI=1S/C9H8N3/c1-7-2-3-8(6-12-7)9-10-4-5-11-9/h2-6H,1H3. The van der Waals surface area contributed by atoms with E-state index in [1.807, 2.05) is 19.1 Å². The Hall–Kier alpha value is -1.64. The number of pyridine rings is 1. The highest BCUT2D eigenvalue weighted by Gasteiger charge is 2.05.